The lowest BCUT2D eigenvalue weighted by Crippen LogP contribution is -2.56. The SMILES string of the molecule is CN[C@@H](C)C(=O)NC(C(=O)N1Cc2ccc(NC(=O)[C@]3(C)CN(C(=O)CN4CCNC(C)C4)c4cc(Cc5ccc(F)cc5)ccc43)cc2C1C(=O)Nc1c(F)cccc1F)C1CCOCC1. The van der Waals surface area contributed by atoms with Crippen LogP contribution in [-0.2, 0) is 47.1 Å². The van der Waals surface area contributed by atoms with Gasteiger partial charge in [0.25, 0.3) is 5.91 Å². The van der Waals surface area contributed by atoms with E-state index in [0.717, 1.165) is 29.8 Å². The number of hydrogen-bond acceptors (Lipinski definition) is 9. The number of hydrogen-bond donors (Lipinski definition) is 5. The molecule has 5 atom stereocenters. The van der Waals surface area contributed by atoms with Crippen molar-refractivity contribution in [1.29, 1.82) is 0 Å². The van der Waals surface area contributed by atoms with E-state index in [1.165, 1.54) is 23.1 Å². The number of ether oxygens (including phenoxy) is 1. The van der Waals surface area contributed by atoms with Crippen LogP contribution in [0.15, 0.2) is 78.9 Å². The van der Waals surface area contributed by atoms with Crippen LogP contribution in [0.3, 0.4) is 0 Å². The molecule has 5 amide bonds. The molecular formula is C50H57F3N8O6. The van der Waals surface area contributed by atoms with Gasteiger partial charge in [0.05, 0.1) is 18.0 Å². The fraction of sp³-hybridized carbons (Fsp3) is 0.420. The van der Waals surface area contributed by atoms with Gasteiger partial charge in [0, 0.05) is 63.4 Å². The molecule has 3 unspecified atom stereocenters. The average Bonchev–Trinajstić information content (AvgIpc) is 3.85. The van der Waals surface area contributed by atoms with Gasteiger partial charge >= 0.3 is 0 Å². The van der Waals surface area contributed by atoms with E-state index < -0.39 is 64.5 Å². The van der Waals surface area contributed by atoms with Crippen LogP contribution in [0, 0.1) is 23.4 Å². The Morgan fingerprint density at radius 2 is 1.63 bits per heavy atom. The fourth-order valence-corrected chi connectivity index (χ4v) is 9.65. The molecule has 5 N–H and O–H groups in total. The van der Waals surface area contributed by atoms with Crippen LogP contribution in [0.25, 0.3) is 0 Å². The van der Waals surface area contributed by atoms with E-state index in [0.29, 0.717) is 67.9 Å². The first-order chi connectivity index (χ1) is 32.1. The van der Waals surface area contributed by atoms with Crippen molar-refractivity contribution < 1.29 is 41.9 Å². The highest BCUT2D eigenvalue weighted by atomic mass is 19.1. The van der Waals surface area contributed by atoms with Crippen molar-refractivity contribution in [3.8, 4) is 0 Å². The Bertz CT molecular complexity index is 2520. The van der Waals surface area contributed by atoms with Gasteiger partial charge in [0.15, 0.2) is 0 Å². The second kappa shape index (κ2) is 20.0. The molecule has 4 aliphatic heterocycles. The molecule has 4 heterocycles. The number of nitrogens with zero attached hydrogens (tertiary/aromatic N) is 3. The van der Waals surface area contributed by atoms with E-state index in [2.05, 4.69) is 38.4 Å². The highest BCUT2D eigenvalue weighted by molar-refractivity contribution is 6.07. The molecule has 0 radical (unpaired) electrons. The molecule has 2 saturated heterocycles. The van der Waals surface area contributed by atoms with Gasteiger partial charge in [-0.25, -0.2) is 13.2 Å². The molecule has 354 valence electrons. The Kier molecular flexibility index (Phi) is 14.1. The number of para-hydroxylation sites is 1. The third-order valence-electron chi connectivity index (χ3n) is 13.6. The number of rotatable bonds is 13. The number of fused-ring (bicyclic) bond motifs is 2. The van der Waals surface area contributed by atoms with Crippen molar-refractivity contribution in [1.82, 2.24) is 25.8 Å². The number of benzene rings is 4. The normalized spacial score (nSPS) is 21.5. The summed E-state index contributed by atoms with van der Waals surface area (Å²) in [5, 5.41) is 14.6. The number of carbonyl (C=O) groups excluding carboxylic acids is 5. The zero-order valence-electron chi connectivity index (χ0n) is 38.1. The van der Waals surface area contributed by atoms with Crippen molar-refractivity contribution in [2.75, 3.05) is 68.5 Å². The molecule has 0 aromatic heterocycles. The van der Waals surface area contributed by atoms with Crippen molar-refractivity contribution in [2.24, 2.45) is 5.92 Å². The Hall–Kier alpha value is -6.14. The lowest BCUT2D eigenvalue weighted by Gasteiger charge is -2.35. The van der Waals surface area contributed by atoms with Gasteiger partial charge in [0.2, 0.25) is 23.6 Å². The standard InChI is InChI=1S/C50H57F3N8O6/c1-29-25-59(19-18-55-29)27-42(62)61-28-50(3,38-15-10-32(23-41(38)61)22-31-8-12-35(51)13-9-31)49(66)56-36-14-11-34-26-60(45(37(34)24-36)47(64)58-44-39(52)6-5-7-40(44)53)48(65)43(33-16-20-67-21-17-33)57-46(63)30(2)54-4/h5-15,23-24,29-30,33,43,45,54-55H,16-22,25-28H2,1-4H3,(H,56,66)(H,57,63)(H,58,64)/t29?,30-,43?,45?,50+/m0/s1. The number of amides is 5. The van der Waals surface area contributed by atoms with Crippen LogP contribution in [0.4, 0.5) is 30.2 Å². The molecule has 2 fully saturated rings. The first-order valence-corrected chi connectivity index (χ1v) is 22.8. The third-order valence-corrected chi connectivity index (χ3v) is 13.6. The molecule has 0 bridgehead atoms. The van der Waals surface area contributed by atoms with Crippen LogP contribution in [-0.4, -0.2) is 110 Å². The first-order valence-electron chi connectivity index (χ1n) is 22.8. The molecule has 4 aromatic carbocycles. The second-order valence-electron chi connectivity index (χ2n) is 18.3. The van der Waals surface area contributed by atoms with Gasteiger partial charge in [-0.2, -0.15) is 0 Å². The van der Waals surface area contributed by atoms with Gasteiger partial charge in [-0.3, -0.25) is 28.9 Å². The number of anilines is 3. The maximum Gasteiger partial charge on any atom is 0.252 e. The smallest absolute Gasteiger partial charge is 0.252 e. The number of carbonyl (C=O) groups is 5. The lowest BCUT2D eigenvalue weighted by atomic mass is 9.82. The van der Waals surface area contributed by atoms with E-state index >= 15 is 8.78 Å². The second-order valence-corrected chi connectivity index (χ2v) is 18.3. The molecule has 0 aliphatic carbocycles. The van der Waals surface area contributed by atoms with Gasteiger partial charge in [-0.05, 0) is 123 Å². The minimum absolute atomic E-state index is 0.0343. The van der Waals surface area contributed by atoms with Crippen molar-refractivity contribution in [2.45, 2.75) is 76.2 Å². The Morgan fingerprint density at radius 3 is 2.33 bits per heavy atom. The van der Waals surface area contributed by atoms with E-state index in [1.54, 1.807) is 56.1 Å². The first kappa shape index (κ1) is 47.4. The predicted octanol–water partition coefficient (Wildman–Crippen LogP) is 4.77. The molecule has 4 aliphatic rings. The summed E-state index contributed by atoms with van der Waals surface area (Å²) in [5.41, 5.74) is 2.17. The number of likely N-dealkylation sites (N-methyl/N-ethyl adjacent to an activating group) is 1. The Morgan fingerprint density at radius 1 is 0.910 bits per heavy atom. The maximum absolute atomic E-state index is 15.0. The van der Waals surface area contributed by atoms with E-state index in [9.17, 15) is 28.4 Å². The minimum atomic E-state index is -1.43. The molecule has 17 heteroatoms. The van der Waals surface area contributed by atoms with E-state index in [1.807, 2.05) is 18.2 Å². The van der Waals surface area contributed by atoms with Crippen LogP contribution in [0.5, 0.6) is 0 Å². The molecule has 0 saturated carbocycles. The number of halogens is 3. The summed E-state index contributed by atoms with van der Waals surface area (Å²) in [6.45, 7) is 8.45. The molecule has 4 aromatic rings. The van der Waals surface area contributed by atoms with Crippen LogP contribution in [0.2, 0.25) is 0 Å². The topological polar surface area (TPSA) is 164 Å². The van der Waals surface area contributed by atoms with E-state index in [-0.39, 0.29) is 49.0 Å². The maximum atomic E-state index is 15.0. The molecule has 0 spiro atoms. The summed E-state index contributed by atoms with van der Waals surface area (Å²) in [4.78, 5) is 76.6. The molecule has 8 rings (SSSR count). The number of piperazine rings is 1. The zero-order chi connectivity index (χ0) is 47.6. The summed E-state index contributed by atoms with van der Waals surface area (Å²) < 4.78 is 49.4. The molecular weight excluding hydrogens is 866 g/mol. The largest absolute Gasteiger partial charge is 0.381 e. The Balaban J connectivity index is 1.11. The summed E-state index contributed by atoms with van der Waals surface area (Å²) >= 11 is 0. The van der Waals surface area contributed by atoms with E-state index in [4.69, 9.17) is 4.74 Å². The zero-order valence-corrected chi connectivity index (χ0v) is 38.1. The summed E-state index contributed by atoms with van der Waals surface area (Å²) in [6.07, 6.45) is 1.40. The summed E-state index contributed by atoms with van der Waals surface area (Å²) in [7, 11) is 1.62. The number of nitrogens with one attached hydrogen (secondary N) is 5. The van der Waals surface area contributed by atoms with Gasteiger partial charge in [0.1, 0.15) is 35.2 Å². The van der Waals surface area contributed by atoms with Crippen molar-refractivity contribution >= 4 is 46.6 Å². The van der Waals surface area contributed by atoms with Crippen molar-refractivity contribution in [3.63, 3.8) is 0 Å². The highest BCUT2D eigenvalue weighted by Gasteiger charge is 2.48. The molecule has 67 heavy (non-hydrogen) atoms. The van der Waals surface area contributed by atoms with Gasteiger partial charge < -0.3 is 41.1 Å². The third kappa shape index (κ3) is 10.1. The predicted molar refractivity (Wildman–Crippen MR) is 247 cm³/mol. The van der Waals surface area contributed by atoms with Gasteiger partial charge in [-0.15, -0.1) is 0 Å². The van der Waals surface area contributed by atoms with Crippen LogP contribution in [0.1, 0.15) is 67.5 Å². The average molecular weight is 923 g/mol. The lowest BCUT2D eigenvalue weighted by molar-refractivity contribution is -0.144. The fourth-order valence-electron chi connectivity index (χ4n) is 9.65. The molecule has 14 nitrogen and oxygen atoms in total. The highest BCUT2D eigenvalue weighted by Crippen LogP contribution is 2.44. The van der Waals surface area contributed by atoms with Crippen LogP contribution < -0.4 is 31.5 Å². The monoisotopic (exact) mass is 922 g/mol. The minimum Gasteiger partial charge on any atom is -0.381 e. The van der Waals surface area contributed by atoms with Gasteiger partial charge in [-0.1, -0.05) is 36.4 Å². The summed E-state index contributed by atoms with van der Waals surface area (Å²) in [6, 6.07) is 17.1. The van der Waals surface area contributed by atoms with Crippen LogP contribution >= 0.6 is 0 Å². The quantitative estimate of drug-likeness (QED) is 0.127. The Labute approximate surface area is 388 Å². The van der Waals surface area contributed by atoms with Crippen molar-refractivity contribution in [3.05, 3.63) is 124 Å². The summed E-state index contributed by atoms with van der Waals surface area (Å²) in [5.74, 6) is -5.19.